The van der Waals surface area contributed by atoms with Crippen LogP contribution in [0.5, 0.6) is 5.75 Å². The highest BCUT2D eigenvalue weighted by Gasteiger charge is 2.12. The number of aliphatic imine (C=N–C) groups is 1. The highest BCUT2D eigenvalue weighted by molar-refractivity contribution is 9.10. The Morgan fingerprint density at radius 2 is 1.81 bits per heavy atom. The van der Waals surface area contributed by atoms with Crippen molar-refractivity contribution in [3.05, 3.63) is 81.2 Å². The quantitative estimate of drug-likeness (QED) is 0.148. The second kappa shape index (κ2) is 8.28. The molecule has 2 aromatic carbocycles. The Morgan fingerprint density at radius 1 is 1.11 bits per heavy atom. The number of ether oxygens (including phenoxy) is 1. The zero-order valence-corrected chi connectivity index (χ0v) is 15.3. The van der Waals surface area contributed by atoms with Gasteiger partial charge in [0.05, 0.1) is 16.9 Å². The van der Waals surface area contributed by atoms with E-state index >= 15 is 0 Å². The fourth-order valence-corrected chi connectivity index (χ4v) is 2.35. The molecule has 9 heteroatoms. The highest BCUT2D eigenvalue weighted by Crippen LogP contribution is 2.20. The van der Waals surface area contributed by atoms with Crippen molar-refractivity contribution in [1.29, 1.82) is 0 Å². The van der Waals surface area contributed by atoms with Gasteiger partial charge in [-0.15, -0.1) is 0 Å². The van der Waals surface area contributed by atoms with Crippen LogP contribution in [0.4, 0.5) is 17.1 Å². The molecular weight excluding hydrogens is 418 g/mol. The smallest absolute Gasteiger partial charge is 0.379 e. The van der Waals surface area contributed by atoms with E-state index in [-0.39, 0.29) is 11.4 Å². The number of carbonyl (C=O) groups is 1. The summed E-state index contributed by atoms with van der Waals surface area (Å²) in [6, 6.07) is 15.6. The Morgan fingerprint density at radius 3 is 2.41 bits per heavy atom. The van der Waals surface area contributed by atoms with Crippen LogP contribution in [0, 0.1) is 10.1 Å². The fourth-order valence-electron chi connectivity index (χ4n) is 2.04. The number of hydrogen-bond acceptors (Lipinski definition) is 6. The molecule has 0 aliphatic carbocycles. The van der Waals surface area contributed by atoms with Crippen LogP contribution in [-0.2, 0) is 0 Å². The number of carbonyl (C=O) groups excluding carboxylic acids is 1. The number of non-ortho nitro benzene ring substituents is 1. The molecule has 0 aliphatic rings. The van der Waals surface area contributed by atoms with Gasteiger partial charge in [0.15, 0.2) is 4.67 Å². The number of nitrogens with one attached hydrogen (secondary N) is 1. The third-order valence-electron chi connectivity index (χ3n) is 3.34. The summed E-state index contributed by atoms with van der Waals surface area (Å²) in [7, 11) is 0. The molecule has 0 bridgehead atoms. The number of nitrogens with zero attached hydrogens (tertiary/aromatic N) is 2. The molecule has 0 amide bonds. The van der Waals surface area contributed by atoms with Crippen LogP contribution in [0.1, 0.15) is 10.6 Å². The zero-order valence-electron chi connectivity index (χ0n) is 13.7. The first kappa shape index (κ1) is 18.3. The molecule has 0 saturated carbocycles. The monoisotopic (exact) mass is 429 g/mol. The summed E-state index contributed by atoms with van der Waals surface area (Å²) in [5.74, 6) is -0.133. The van der Waals surface area contributed by atoms with Crippen LogP contribution in [0.25, 0.3) is 0 Å². The summed E-state index contributed by atoms with van der Waals surface area (Å²) in [5.41, 5.74) is 1.30. The van der Waals surface area contributed by atoms with E-state index in [0.29, 0.717) is 16.1 Å². The first-order valence-corrected chi connectivity index (χ1v) is 8.42. The molecule has 0 aliphatic heterocycles. The number of benzene rings is 2. The van der Waals surface area contributed by atoms with Crippen molar-refractivity contribution in [2.24, 2.45) is 4.99 Å². The van der Waals surface area contributed by atoms with Crippen molar-refractivity contribution >= 4 is 45.3 Å². The number of esters is 1. The third kappa shape index (κ3) is 5.02. The molecule has 0 fully saturated rings. The predicted molar refractivity (Wildman–Crippen MR) is 103 cm³/mol. The van der Waals surface area contributed by atoms with Crippen molar-refractivity contribution in [1.82, 2.24) is 0 Å². The van der Waals surface area contributed by atoms with Gasteiger partial charge in [-0.1, -0.05) is 0 Å². The molecule has 1 heterocycles. The molecule has 8 nitrogen and oxygen atoms in total. The van der Waals surface area contributed by atoms with Gasteiger partial charge in [-0.05, 0) is 64.5 Å². The largest absolute Gasteiger partial charge is 0.442 e. The summed E-state index contributed by atoms with van der Waals surface area (Å²) in [4.78, 5) is 26.2. The van der Waals surface area contributed by atoms with Crippen molar-refractivity contribution < 1.29 is 18.9 Å². The van der Waals surface area contributed by atoms with E-state index in [0.717, 1.165) is 5.69 Å². The summed E-state index contributed by atoms with van der Waals surface area (Å²) < 4.78 is 10.8. The first-order valence-electron chi connectivity index (χ1n) is 7.62. The number of nitro benzene ring substituents is 1. The summed E-state index contributed by atoms with van der Waals surface area (Å²) >= 11 is 3.12. The Balaban J connectivity index is 1.55. The maximum Gasteiger partial charge on any atom is 0.379 e. The molecule has 3 aromatic rings. The molecule has 0 unspecified atom stereocenters. The van der Waals surface area contributed by atoms with E-state index in [4.69, 9.17) is 9.15 Å². The lowest BCUT2D eigenvalue weighted by molar-refractivity contribution is -0.384. The minimum Gasteiger partial charge on any atom is -0.442 e. The molecule has 0 spiro atoms. The van der Waals surface area contributed by atoms with Gasteiger partial charge in [0.2, 0.25) is 5.76 Å². The number of halogens is 1. The summed E-state index contributed by atoms with van der Waals surface area (Å²) in [6.07, 6.45) is 1.46. The van der Waals surface area contributed by atoms with E-state index in [1.807, 2.05) is 0 Å². The Hall–Kier alpha value is -3.46. The molecule has 136 valence electrons. The van der Waals surface area contributed by atoms with Gasteiger partial charge < -0.3 is 14.5 Å². The van der Waals surface area contributed by atoms with Crippen molar-refractivity contribution in [2.75, 3.05) is 5.32 Å². The third-order valence-corrected chi connectivity index (χ3v) is 3.77. The maximum atomic E-state index is 11.9. The molecule has 1 aromatic heterocycles. The van der Waals surface area contributed by atoms with Gasteiger partial charge in [-0.25, -0.2) is 9.79 Å². The van der Waals surface area contributed by atoms with E-state index in [2.05, 4.69) is 26.2 Å². The van der Waals surface area contributed by atoms with Crippen molar-refractivity contribution in [2.45, 2.75) is 0 Å². The molecule has 0 atom stereocenters. The summed E-state index contributed by atoms with van der Waals surface area (Å²) in [5, 5.41) is 13.6. The standard InChI is InChI=1S/C18H12BrN3O5/c19-17-10-9-16(27-17)18(23)26-15-7-3-13(4-8-15)21-11-20-12-1-5-14(6-2-12)22(24)25/h1-11H,(H,20,21). The Kier molecular flexibility index (Phi) is 5.62. The topological polar surface area (TPSA) is 107 Å². The Labute approximate surface area is 161 Å². The van der Waals surface area contributed by atoms with Crippen molar-refractivity contribution in [3.8, 4) is 5.75 Å². The van der Waals surface area contributed by atoms with Crippen LogP contribution < -0.4 is 10.1 Å². The fraction of sp³-hybridized carbons (Fsp3) is 0. The van der Waals surface area contributed by atoms with Gasteiger partial charge in [0.25, 0.3) is 5.69 Å². The van der Waals surface area contributed by atoms with Crippen molar-refractivity contribution in [3.63, 3.8) is 0 Å². The van der Waals surface area contributed by atoms with Crippen LogP contribution in [0.3, 0.4) is 0 Å². The van der Waals surface area contributed by atoms with E-state index in [1.165, 1.54) is 24.5 Å². The molecule has 0 radical (unpaired) electrons. The lowest BCUT2D eigenvalue weighted by Crippen LogP contribution is -2.07. The molecule has 3 rings (SSSR count). The van der Waals surface area contributed by atoms with E-state index in [1.54, 1.807) is 42.5 Å². The number of hydrogen-bond donors (Lipinski definition) is 1. The van der Waals surface area contributed by atoms with Crippen LogP contribution in [0.2, 0.25) is 0 Å². The van der Waals surface area contributed by atoms with Crippen LogP contribution in [-0.4, -0.2) is 17.2 Å². The predicted octanol–water partition coefficient (Wildman–Crippen LogP) is 4.94. The minimum absolute atomic E-state index is 0.00829. The van der Waals surface area contributed by atoms with Gasteiger partial charge in [-0.2, -0.15) is 0 Å². The van der Waals surface area contributed by atoms with Crippen LogP contribution >= 0.6 is 15.9 Å². The van der Waals surface area contributed by atoms with Gasteiger partial charge in [0.1, 0.15) is 5.75 Å². The molecule has 1 N–H and O–H groups in total. The number of nitro groups is 1. The van der Waals surface area contributed by atoms with Gasteiger partial charge >= 0.3 is 5.97 Å². The minimum atomic E-state index is -0.596. The summed E-state index contributed by atoms with van der Waals surface area (Å²) in [6.45, 7) is 0. The highest BCUT2D eigenvalue weighted by atomic mass is 79.9. The number of furan rings is 1. The van der Waals surface area contributed by atoms with E-state index < -0.39 is 10.9 Å². The van der Waals surface area contributed by atoms with E-state index in [9.17, 15) is 14.9 Å². The van der Waals surface area contributed by atoms with Gasteiger partial charge in [-0.3, -0.25) is 10.1 Å². The first-order chi connectivity index (χ1) is 13.0. The Bertz CT molecular complexity index is 981. The molecule has 27 heavy (non-hydrogen) atoms. The maximum absolute atomic E-state index is 11.9. The zero-order chi connectivity index (χ0) is 19.2. The average molecular weight is 430 g/mol. The second-order valence-corrected chi connectivity index (χ2v) is 5.98. The van der Waals surface area contributed by atoms with Crippen LogP contribution in [0.15, 0.2) is 74.7 Å². The number of anilines is 1. The number of rotatable bonds is 6. The lowest BCUT2D eigenvalue weighted by atomic mass is 10.3. The lowest BCUT2D eigenvalue weighted by Gasteiger charge is -2.04. The normalized spacial score (nSPS) is 10.7. The second-order valence-electron chi connectivity index (χ2n) is 5.19. The average Bonchev–Trinajstić information content (AvgIpc) is 3.10. The molecular formula is C18H12BrN3O5. The SMILES string of the molecule is O=C(Oc1ccc(NC=Nc2ccc([N+](=O)[O-])cc2)cc1)c1ccc(Br)o1. The van der Waals surface area contributed by atoms with Gasteiger partial charge in [0, 0.05) is 17.8 Å². The molecule has 0 saturated heterocycles.